The van der Waals surface area contributed by atoms with Crippen LogP contribution in [-0.2, 0) is 27.5 Å². The summed E-state index contributed by atoms with van der Waals surface area (Å²) in [4.78, 5) is 22.8. The molecule has 0 saturated carbocycles. The largest absolute Gasteiger partial charge is 0.398 e. The van der Waals surface area contributed by atoms with Crippen molar-refractivity contribution in [3.63, 3.8) is 0 Å². The first-order valence-corrected chi connectivity index (χ1v) is 9.61. The van der Waals surface area contributed by atoms with Crippen molar-refractivity contribution in [2.24, 2.45) is 10.3 Å². The molecule has 1 amide bonds. The van der Waals surface area contributed by atoms with Gasteiger partial charge in [-0.2, -0.15) is 0 Å². The minimum absolute atomic E-state index is 0.199. The van der Waals surface area contributed by atoms with Crippen LogP contribution in [0.15, 0.2) is 46.7 Å². The summed E-state index contributed by atoms with van der Waals surface area (Å²) in [6, 6.07) is 12.0. The Morgan fingerprint density at radius 3 is 2.48 bits per heavy atom. The fraction of sp³-hybridized carbons (Fsp3) is 0.348. The number of carbonyl (C=O) groups is 1. The van der Waals surface area contributed by atoms with Crippen LogP contribution in [0.4, 0.5) is 0 Å². The van der Waals surface area contributed by atoms with E-state index in [0.717, 1.165) is 34.4 Å². The summed E-state index contributed by atoms with van der Waals surface area (Å²) in [6.45, 7) is 8.29. The van der Waals surface area contributed by atoms with Gasteiger partial charge in [0.2, 0.25) is 0 Å². The average Bonchev–Trinajstić information content (AvgIpc) is 2.73. The molecule has 2 aromatic carbocycles. The molecular weight excluding hydrogens is 366 g/mol. The van der Waals surface area contributed by atoms with E-state index in [1.165, 1.54) is 12.7 Å². The molecule has 0 aliphatic rings. The van der Waals surface area contributed by atoms with E-state index in [4.69, 9.17) is 9.68 Å². The summed E-state index contributed by atoms with van der Waals surface area (Å²) in [5.41, 5.74) is 6.96. The number of hydrogen-bond acceptors (Lipinski definition) is 5. The SMILES string of the molecule is CCc1ccc(C)c(/C(C)=N/OCc2c(C)cccc2/C(=N\OC)C(=O)NC)c1. The Labute approximate surface area is 172 Å². The van der Waals surface area contributed by atoms with Gasteiger partial charge < -0.3 is 15.0 Å². The van der Waals surface area contributed by atoms with E-state index in [0.29, 0.717) is 5.56 Å². The molecule has 0 heterocycles. The lowest BCUT2D eigenvalue weighted by Gasteiger charge is -2.13. The number of oxime groups is 2. The molecule has 0 spiro atoms. The summed E-state index contributed by atoms with van der Waals surface area (Å²) in [7, 11) is 2.97. The van der Waals surface area contributed by atoms with Gasteiger partial charge in [0.1, 0.15) is 13.7 Å². The van der Waals surface area contributed by atoms with Crippen LogP contribution in [-0.4, -0.2) is 31.5 Å². The highest BCUT2D eigenvalue weighted by molar-refractivity contribution is 6.45. The topological polar surface area (TPSA) is 72.3 Å². The molecule has 0 radical (unpaired) electrons. The predicted molar refractivity (Wildman–Crippen MR) is 116 cm³/mol. The van der Waals surface area contributed by atoms with Crippen molar-refractivity contribution in [1.29, 1.82) is 0 Å². The van der Waals surface area contributed by atoms with Crippen LogP contribution in [0.1, 0.15) is 47.2 Å². The van der Waals surface area contributed by atoms with E-state index in [2.05, 4.69) is 47.7 Å². The second-order valence-electron chi connectivity index (χ2n) is 6.76. The fourth-order valence-electron chi connectivity index (χ4n) is 3.06. The highest BCUT2D eigenvalue weighted by Gasteiger charge is 2.19. The minimum Gasteiger partial charge on any atom is -0.398 e. The zero-order valence-corrected chi connectivity index (χ0v) is 18.0. The molecular formula is C23H29N3O3. The third-order valence-electron chi connectivity index (χ3n) is 4.80. The van der Waals surface area contributed by atoms with E-state index in [9.17, 15) is 4.79 Å². The Bertz CT molecular complexity index is 933. The summed E-state index contributed by atoms with van der Waals surface area (Å²) in [5.74, 6) is -0.328. The van der Waals surface area contributed by atoms with E-state index in [1.54, 1.807) is 7.05 Å². The van der Waals surface area contributed by atoms with Crippen LogP contribution in [0.25, 0.3) is 0 Å². The smallest absolute Gasteiger partial charge is 0.273 e. The zero-order valence-electron chi connectivity index (χ0n) is 18.0. The van der Waals surface area contributed by atoms with Crippen molar-refractivity contribution in [2.45, 2.75) is 40.7 Å². The average molecular weight is 396 g/mol. The van der Waals surface area contributed by atoms with Crippen molar-refractivity contribution in [2.75, 3.05) is 14.2 Å². The van der Waals surface area contributed by atoms with Gasteiger partial charge >= 0.3 is 0 Å². The van der Waals surface area contributed by atoms with Gasteiger partial charge in [-0.25, -0.2) is 0 Å². The van der Waals surface area contributed by atoms with Crippen LogP contribution in [0.5, 0.6) is 0 Å². The van der Waals surface area contributed by atoms with Crippen LogP contribution >= 0.6 is 0 Å². The molecule has 0 unspecified atom stereocenters. The lowest BCUT2D eigenvalue weighted by molar-refractivity contribution is -0.114. The van der Waals surface area contributed by atoms with Crippen LogP contribution < -0.4 is 5.32 Å². The minimum atomic E-state index is -0.328. The number of carbonyl (C=O) groups excluding carboxylic acids is 1. The number of amides is 1. The van der Waals surface area contributed by atoms with Crippen LogP contribution in [0, 0.1) is 13.8 Å². The summed E-state index contributed by atoms with van der Waals surface area (Å²) in [5, 5.41) is 10.8. The Hall–Kier alpha value is -3.15. The van der Waals surface area contributed by atoms with Gasteiger partial charge in [0.25, 0.3) is 5.91 Å². The quantitative estimate of drug-likeness (QED) is 0.544. The van der Waals surface area contributed by atoms with E-state index < -0.39 is 0 Å². The molecule has 0 saturated heterocycles. The standard InChI is InChI=1S/C23H29N3O3/c1-7-18-12-11-16(3)20(13-18)17(4)25-29-14-21-15(2)9-8-10-19(21)22(26-28-6)23(27)24-5/h8-13H,7,14H2,1-6H3,(H,24,27)/b25-17+,26-22+. The third-order valence-corrected chi connectivity index (χ3v) is 4.80. The molecule has 0 fully saturated rings. The molecule has 154 valence electrons. The van der Waals surface area contributed by atoms with E-state index in [1.807, 2.05) is 32.0 Å². The highest BCUT2D eigenvalue weighted by Crippen LogP contribution is 2.18. The van der Waals surface area contributed by atoms with Crippen molar-refractivity contribution in [1.82, 2.24) is 5.32 Å². The van der Waals surface area contributed by atoms with Gasteiger partial charge in [0.15, 0.2) is 5.71 Å². The number of nitrogens with one attached hydrogen (secondary N) is 1. The van der Waals surface area contributed by atoms with Gasteiger partial charge in [-0.1, -0.05) is 47.6 Å². The molecule has 0 atom stereocenters. The molecule has 6 heteroatoms. The molecule has 2 rings (SSSR count). The lowest BCUT2D eigenvalue weighted by Crippen LogP contribution is -2.29. The summed E-state index contributed by atoms with van der Waals surface area (Å²) >= 11 is 0. The Kier molecular flexibility index (Phi) is 7.95. The van der Waals surface area contributed by atoms with Gasteiger partial charge in [-0.15, -0.1) is 0 Å². The lowest BCUT2D eigenvalue weighted by atomic mass is 9.98. The van der Waals surface area contributed by atoms with Gasteiger partial charge in [-0.05, 0) is 49.9 Å². The second-order valence-corrected chi connectivity index (χ2v) is 6.76. The number of hydrogen-bond donors (Lipinski definition) is 1. The van der Waals surface area contributed by atoms with Gasteiger partial charge in [0, 0.05) is 23.7 Å². The molecule has 0 aliphatic heterocycles. The van der Waals surface area contributed by atoms with Crippen molar-refractivity contribution < 1.29 is 14.5 Å². The molecule has 6 nitrogen and oxygen atoms in total. The molecule has 29 heavy (non-hydrogen) atoms. The Morgan fingerprint density at radius 2 is 1.83 bits per heavy atom. The molecule has 1 N–H and O–H groups in total. The van der Waals surface area contributed by atoms with Crippen molar-refractivity contribution in [3.8, 4) is 0 Å². The first kappa shape index (κ1) is 22.1. The third kappa shape index (κ3) is 5.44. The number of aryl methyl sites for hydroxylation is 3. The monoisotopic (exact) mass is 395 g/mol. The van der Waals surface area contributed by atoms with Gasteiger partial charge in [0.05, 0.1) is 5.71 Å². The van der Waals surface area contributed by atoms with Crippen LogP contribution in [0.3, 0.4) is 0 Å². The molecule has 2 aromatic rings. The normalized spacial score (nSPS) is 11.9. The van der Waals surface area contributed by atoms with Crippen molar-refractivity contribution in [3.05, 3.63) is 69.8 Å². The first-order valence-electron chi connectivity index (χ1n) is 9.61. The number of nitrogens with zero attached hydrogens (tertiary/aromatic N) is 2. The van der Waals surface area contributed by atoms with Crippen LogP contribution in [0.2, 0.25) is 0 Å². The molecule has 0 aromatic heterocycles. The summed E-state index contributed by atoms with van der Waals surface area (Å²) in [6.07, 6.45) is 0.967. The highest BCUT2D eigenvalue weighted by atomic mass is 16.6. The zero-order chi connectivity index (χ0) is 21.4. The summed E-state index contributed by atoms with van der Waals surface area (Å²) < 4.78 is 0. The number of rotatable bonds is 8. The Balaban J connectivity index is 2.30. The maximum absolute atomic E-state index is 12.2. The second kappa shape index (κ2) is 10.4. The predicted octanol–water partition coefficient (Wildman–Crippen LogP) is 3.90. The Morgan fingerprint density at radius 1 is 1.07 bits per heavy atom. The maximum atomic E-state index is 12.2. The van der Waals surface area contributed by atoms with Crippen molar-refractivity contribution >= 4 is 17.3 Å². The number of likely N-dealkylation sites (N-methyl/N-ethyl adjacent to an activating group) is 1. The van der Waals surface area contributed by atoms with E-state index >= 15 is 0 Å². The molecule has 0 bridgehead atoms. The molecule has 0 aliphatic carbocycles. The fourth-order valence-corrected chi connectivity index (χ4v) is 3.06. The van der Waals surface area contributed by atoms with E-state index in [-0.39, 0.29) is 18.2 Å². The first-order chi connectivity index (χ1) is 13.9. The maximum Gasteiger partial charge on any atom is 0.273 e. The number of benzene rings is 2. The van der Waals surface area contributed by atoms with Gasteiger partial charge in [-0.3, -0.25) is 4.79 Å².